The summed E-state index contributed by atoms with van der Waals surface area (Å²) in [5.41, 5.74) is 2.42. The Morgan fingerprint density at radius 3 is 2.69 bits per heavy atom. The van der Waals surface area contributed by atoms with Gasteiger partial charge in [0, 0.05) is 18.7 Å². The van der Waals surface area contributed by atoms with E-state index in [9.17, 15) is 8.42 Å². The summed E-state index contributed by atoms with van der Waals surface area (Å²) in [4.78, 5) is 0.181. The Labute approximate surface area is 159 Å². The SMILES string of the molecule is Cl.O=S(=O)(NCC1NCCc2ccccc21)c1ccc2c(c1)OCCO2. The van der Waals surface area contributed by atoms with Crippen molar-refractivity contribution in [3.8, 4) is 11.5 Å². The van der Waals surface area contributed by atoms with E-state index in [0.717, 1.165) is 18.5 Å². The van der Waals surface area contributed by atoms with Crippen LogP contribution in [-0.4, -0.2) is 34.7 Å². The highest BCUT2D eigenvalue weighted by atomic mass is 35.5. The molecule has 0 radical (unpaired) electrons. The number of nitrogens with one attached hydrogen (secondary N) is 2. The number of hydrogen-bond acceptors (Lipinski definition) is 5. The predicted octanol–water partition coefficient (Wildman–Crippen LogP) is 2.04. The normalized spacial score (nSPS) is 18.5. The Kier molecular flexibility index (Phi) is 5.72. The third-order valence-electron chi connectivity index (χ3n) is 4.52. The molecular weight excluding hydrogens is 376 g/mol. The molecule has 0 fully saturated rings. The van der Waals surface area contributed by atoms with Gasteiger partial charge in [0.15, 0.2) is 11.5 Å². The van der Waals surface area contributed by atoms with Crippen LogP contribution in [0.15, 0.2) is 47.4 Å². The van der Waals surface area contributed by atoms with Crippen LogP contribution in [0.3, 0.4) is 0 Å². The maximum absolute atomic E-state index is 12.6. The summed E-state index contributed by atoms with van der Waals surface area (Å²) in [6, 6.07) is 12.8. The molecule has 26 heavy (non-hydrogen) atoms. The molecule has 2 heterocycles. The van der Waals surface area contributed by atoms with Crippen LogP contribution in [0.5, 0.6) is 11.5 Å². The fourth-order valence-electron chi connectivity index (χ4n) is 3.24. The van der Waals surface area contributed by atoms with E-state index in [1.165, 1.54) is 17.7 Å². The maximum atomic E-state index is 12.6. The lowest BCUT2D eigenvalue weighted by Crippen LogP contribution is -2.38. The van der Waals surface area contributed by atoms with Gasteiger partial charge in [-0.15, -0.1) is 12.4 Å². The summed E-state index contributed by atoms with van der Waals surface area (Å²) in [7, 11) is -3.62. The van der Waals surface area contributed by atoms with Crippen LogP contribution in [-0.2, 0) is 16.4 Å². The smallest absolute Gasteiger partial charge is 0.240 e. The van der Waals surface area contributed by atoms with Crippen molar-refractivity contribution in [1.29, 1.82) is 0 Å². The van der Waals surface area contributed by atoms with Crippen LogP contribution in [0.25, 0.3) is 0 Å². The van der Waals surface area contributed by atoms with Crippen molar-refractivity contribution in [1.82, 2.24) is 10.0 Å². The summed E-state index contributed by atoms with van der Waals surface area (Å²) in [6.07, 6.45) is 0.960. The minimum atomic E-state index is -3.62. The standard InChI is InChI=1S/C18H20N2O4S.ClH/c21-25(22,14-5-6-17-18(11-14)24-10-9-23-17)20-12-16-15-4-2-1-3-13(15)7-8-19-16;/h1-6,11,16,19-20H,7-10,12H2;1H. The van der Waals surface area contributed by atoms with Crippen LogP contribution in [0.1, 0.15) is 17.2 Å². The summed E-state index contributed by atoms with van der Waals surface area (Å²) in [6.45, 7) is 2.04. The van der Waals surface area contributed by atoms with Gasteiger partial charge >= 0.3 is 0 Å². The molecule has 1 unspecified atom stereocenters. The molecule has 2 aromatic carbocycles. The zero-order chi connectivity index (χ0) is 17.3. The van der Waals surface area contributed by atoms with Gasteiger partial charge in [0.1, 0.15) is 13.2 Å². The minimum absolute atomic E-state index is 0. The van der Waals surface area contributed by atoms with Crippen molar-refractivity contribution in [2.75, 3.05) is 26.3 Å². The third kappa shape index (κ3) is 3.81. The number of hydrogen-bond donors (Lipinski definition) is 2. The minimum Gasteiger partial charge on any atom is -0.486 e. The first-order valence-corrected chi connectivity index (χ1v) is 9.82. The van der Waals surface area contributed by atoms with E-state index in [4.69, 9.17) is 9.47 Å². The van der Waals surface area contributed by atoms with Gasteiger partial charge in [0.2, 0.25) is 10.0 Å². The van der Waals surface area contributed by atoms with Gasteiger partial charge in [-0.1, -0.05) is 24.3 Å². The third-order valence-corrected chi connectivity index (χ3v) is 5.94. The molecule has 2 aliphatic heterocycles. The van der Waals surface area contributed by atoms with E-state index in [0.29, 0.717) is 31.3 Å². The Hall–Kier alpha value is -1.80. The molecular formula is C18H21ClN2O4S. The molecule has 0 aliphatic carbocycles. The Morgan fingerprint density at radius 1 is 1.08 bits per heavy atom. The molecule has 2 aliphatic rings. The van der Waals surface area contributed by atoms with Crippen LogP contribution in [0, 0.1) is 0 Å². The van der Waals surface area contributed by atoms with Gasteiger partial charge in [-0.25, -0.2) is 13.1 Å². The fourth-order valence-corrected chi connectivity index (χ4v) is 4.30. The van der Waals surface area contributed by atoms with Crippen molar-refractivity contribution in [2.24, 2.45) is 0 Å². The average Bonchev–Trinajstić information content (AvgIpc) is 2.66. The maximum Gasteiger partial charge on any atom is 0.240 e. The number of rotatable bonds is 4. The summed E-state index contributed by atoms with van der Waals surface area (Å²) in [5, 5.41) is 3.38. The van der Waals surface area contributed by atoms with Gasteiger partial charge < -0.3 is 14.8 Å². The molecule has 2 aromatic rings. The number of fused-ring (bicyclic) bond motifs is 2. The van der Waals surface area contributed by atoms with Crippen molar-refractivity contribution < 1.29 is 17.9 Å². The number of sulfonamides is 1. The molecule has 6 nitrogen and oxygen atoms in total. The van der Waals surface area contributed by atoms with Crippen molar-refractivity contribution in [3.63, 3.8) is 0 Å². The zero-order valence-electron chi connectivity index (χ0n) is 14.1. The van der Waals surface area contributed by atoms with Crippen LogP contribution in [0.2, 0.25) is 0 Å². The first kappa shape index (κ1) is 19.0. The van der Waals surface area contributed by atoms with Crippen LogP contribution < -0.4 is 19.5 Å². The van der Waals surface area contributed by atoms with E-state index < -0.39 is 10.0 Å². The Morgan fingerprint density at radius 2 is 1.85 bits per heavy atom. The summed E-state index contributed by atoms with van der Waals surface area (Å²) < 4.78 is 38.9. The molecule has 0 saturated heterocycles. The molecule has 0 aromatic heterocycles. The zero-order valence-corrected chi connectivity index (χ0v) is 15.7. The lowest BCUT2D eigenvalue weighted by Gasteiger charge is -2.27. The average molecular weight is 397 g/mol. The van der Waals surface area contributed by atoms with Crippen LogP contribution in [0.4, 0.5) is 0 Å². The van der Waals surface area contributed by atoms with Gasteiger partial charge in [0.05, 0.1) is 4.90 Å². The Bertz CT molecular complexity index is 889. The monoisotopic (exact) mass is 396 g/mol. The van der Waals surface area contributed by atoms with E-state index in [2.05, 4.69) is 16.1 Å². The number of ether oxygens (including phenoxy) is 2. The van der Waals surface area contributed by atoms with E-state index in [1.54, 1.807) is 6.07 Å². The van der Waals surface area contributed by atoms with Gasteiger partial charge in [-0.2, -0.15) is 0 Å². The molecule has 0 bridgehead atoms. The first-order chi connectivity index (χ1) is 12.1. The highest BCUT2D eigenvalue weighted by Crippen LogP contribution is 2.32. The molecule has 0 spiro atoms. The molecule has 8 heteroatoms. The lowest BCUT2D eigenvalue weighted by molar-refractivity contribution is 0.171. The first-order valence-electron chi connectivity index (χ1n) is 8.34. The van der Waals surface area contributed by atoms with Crippen molar-refractivity contribution in [3.05, 3.63) is 53.6 Å². The second-order valence-corrected chi connectivity index (χ2v) is 7.88. The second kappa shape index (κ2) is 7.84. The topological polar surface area (TPSA) is 76.7 Å². The van der Waals surface area contributed by atoms with Crippen molar-refractivity contribution >= 4 is 22.4 Å². The molecule has 4 rings (SSSR count). The molecule has 1 atom stereocenters. The highest BCUT2D eigenvalue weighted by Gasteiger charge is 2.23. The summed E-state index contributed by atoms with van der Waals surface area (Å²) >= 11 is 0. The number of halogens is 1. The Balaban J connectivity index is 0.00000196. The lowest BCUT2D eigenvalue weighted by atomic mass is 9.95. The molecule has 2 N–H and O–H groups in total. The van der Waals surface area contributed by atoms with Crippen LogP contribution >= 0.6 is 12.4 Å². The fraction of sp³-hybridized carbons (Fsp3) is 0.333. The summed E-state index contributed by atoms with van der Waals surface area (Å²) in [5.74, 6) is 1.04. The quantitative estimate of drug-likeness (QED) is 0.827. The van der Waals surface area contributed by atoms with Crippen molar-refractivity contribution in [2.45, 2.75) is 17.4 Å². The number of benzene rings is 2. The van der Waals surface area contributed by atoms with E-state index >= 15 is 0 Å². The van der Waals surface area contributed by atoms with Gasteiger partial charge in [-0.05, 0) is 36.2 Å². The molecule has 0 saturated carbocycles. The van der Waals surface area contributed by atoms with E-state index in [1.807, 2.05) is 18.2 Å². The highest BCUT2D eigenvalue weighted by molar-refractivity contribution is 7.89. The van der Waals surface area contributed by atoms with Gasteiger partial charge in [-0.3, -0.25) is 0 Å². The van der Waals surface area contributed by atoms with E-state index in [-0.39, 0.29) is 23.3 Å². The molecule has 140 valence electrons. The second-order valence-electron chi connectivity index (χ2n) is 6.11. The molecule has 0 amide bonds. The largest absolute Gasteiger partial charge is 0.486 e. The predicted molar refractivity (Wildman–Crippen MR) is 101 cm³/mol. The van der Waals surface area contributed by atoms with Gasteiger partial charge in [0.25, 0.3) is 0 Å².